The molecule has 2 amide bonds. The Labute approximate surface area is 207 Å². The van der Waals surface area contributed by atoms with E-state index in [1.165, 1.54) is 31.5 Å². The predicted molar refractivity (Wildman–Crippen MR) is 126 cm³/mol. The predicted octanol–water partition coefficient (Wildman–Crippen LogP) is 4.56. The number of hydrogen-bond donors (Lipinski definition) is 3. The summed E-state index contributed by atoms with van der Waals surface area (Å²) in [4.78, 5) is 35.3. The topological polar surface area (TPSA) is 148 Å². The number of H-pyrrole nitrogens is 1. The van der Waals surface area contributed by atoms with Crippen molar-refractivity contribution in [2.24, 2.45) is 0 Å². The maximum Gasteiger partial charge on any atom is 0.416 e. The first-order valence-electron chi connectivity index (χ1n) is 10.8. The van der Waals surface area contributed by atoms with Gasteiger partial charge in [-0.1, -0.05) is 0 Å². The number of pyridine rings is 1. The molecule has 11 nitrogen and oxygen atoms in total. The average Bonchev–Trinajstić information content (AvgIpc) is 3.26. The number of rotatable bonds is 6. The highest BCUT2D eigenvalue weighted by atomic mass is 19.4. The van der Waals surface area contributed by atoms with Crippen LogP contribution >= 0.6 is 0 Å². The van der Waals surface area contributed by atoms with Crippen molar-refractivity contribution in [1.29, 1.82) is 0 Å². The highest BCUT2D eigenvalue weighted by Gasteiger charge is 2.32. The maximum atomic E-state index is 13.4. The van der Waals surface area contributed by atoms with Crippen LogP contribution in [-0.4, -0.2) is 37.8 Å². The summed E-state index contributed by atoms with van der Waals surface area (Å²) in [5.41, 5.74) is -0.517. The zero-order chi connectivity index (χ0) is 26.7. The number of halogens is 3. The Hall–Kier alpha value is -4.75. The lowest BCUT2D eigenvalue weighted by atomic mass is 10.1. The first kappa shape index (κ1) is 25.3. The SMILES string of the molecule is CCOc1cc(=O)[nH]cc1-c1ncc(NC(=O)Nc2cc(-c3nnc(C)o3)cc(C(F)(F)F)c2)c(C)n1. The van der Waals surface area contributed by atoms with Gasteiger partial charge in [-0.05, 0) is 32.0 Å². The van der Waals surface area contributed by atoms with Crippen LogP contribution in [0.15, 0.2) is 45.9 Å². The molecule has 14 heteroatoms. The van der Waals surface area contributed by atoms with Crippen LogP contribution < -0.4 is 20.9 Å². The molecule has 0 aliphatic heterocycles. The van der Waals surface area contributed by atoms with E-state index >= 15 is 0 Å². The van der Waals surface area contributed by atoms with Gasteiger partial charge in [-0.2, -0.15) is 13.2 Å². The van der Waals surface area contributed by atoms with Gasteiger partial charge in [0, 0.05) is 30.4 Å². The molecule has 4 aromatic rings. The zero-order valence-electron chi connectivity index (χ0n) is 19.7. The summed E-state index contributed by atoms with van der Waals surface area (Å²) < 4.78 is 51.0. The number of aromatic nitrogens is 5. The molecule has 4 rings (SSSR count). The van der Waals surface area contributed by atoms with Gasteiger partial charge < -0.3 is 24.8 Å². The maximum absolute atomic E-state index is 13.4. The molecule has 0 unspecified atom stereocenters. The number of alkyl halides is 3. The average molecular weight is 515 g/mol. The quantitative estimate of drug-likeness (QED) is 0.339. The number of carbonyl (C=O) groups excluding carboxylic acids is 1. The minimum absolute atomic E-state index is 0.0133. The largest absolute Gasteiger partial charge is 0.493 e. The fourth-order valence-electron chi connectivity index (χ4n) is 3.31. The molecular formula is C23H20F3N7O4. The summed E-state index contributed by atoms with van der Waals surface area (Å²) >= 11 is 0. The van der Waals surface area contributed by atoms with E-state index < -0.39 is 17.8 Å². The molecule has 1 aromatic carbocycles. The second-order valence-electron chi connectivity index (χ2n) is 7.70. The molecule has 0 saturated carbocycles. The smallest absolute Gasteiger partial charge is 0.416 e. The van der Waals surface area contributed by atoms with Crippen molar-refractivity contribution >= 4 is 17.4 Å². The lowest BCUT2D eigenvalue weighted by Gasteiger charge is -2.14. The molecule has 0 radical (unpaired) electrons. The van der Waals surface area contributed by atoms with Crippen molar-refractivity contribution in [1.82, 2.24) is 25.1 Å². The Balaban J connectivity index is 1.57. The third-order valence-electron chi connectivity index (χ3n) is 4.95. The number of aromatic amines is 1. The van der Waals surface area contributed by atoms with Gasteiger partial charge >= 0.3 is 12.2 Å². The van der Waals surface area contributed by atoms with Crippen LogP contribution in [0.3, 0.4) is 0 Å². The molecule has 3 N–H and O–H groups in total. The Morgan fingerprint density at radius 2 is 1.92 bits per heavy atom. The molecule has 37 heavy (non-hydrogen) atoms. The summed E-state index contributed by atoms with van der Waals surface area (Å²) in [6.07, 6.45) is -1.94. The van der Waals surface area contributed by atoms with E-state index in [-0.39, 0.29) is 40.1 Å². The normalized spacial score (nSPS) is 11.3. The number of urea groups is 1. The molecule has 0 aliphatic rings. The summed E-state index contributed by atoms with van der Waals surface area (Å²) in [6, 6.07) is 3.35. The van der Waals surface area contributed by atoms with Crippen LogP contribution in [0.4, 0.5) is 29.3 Å². The third kappa shape index (κ3) is 5.91. The molecule has 0 saturated heterocycles. The monoisotopic (exact) mass is 515 g/mol. The molecule has 0 aliphatic carbocycles. The van der Waals surface area contributed by atoms with Gasteiger partial charge in [0.25, 0.3) is 5.56 Å². The van der Waals surface area contributed by atoms with Gasteiger partial charge in [-0.25, -0.2) is 14.8 Å². The molecule has 0 atom stereocenters. The number of nitrogens with one attached hydrogen (secondary N) is 3. The number of aryl methyl sites for hydroxylation is 2. The van der Waals surface area contributed by atoms with E-state index in [4.69, 9.17) is 9.15 Å². The summed E-state index contributed by atoms with van der Waals surface area (Å²) in [5.74, 6) is 0.579. The number of hydrogen-bond acceptors (Lipinski definition) is 8. The lowest BCUT2D eigenvalue weighted by molar-refractivity contribution is -0.137. The van der Waals surface area contributed by atoms with Crippen LogP contribution in [0.5, 0.6) is 5.75 Å². The minimum atomic E-state index is -4.68. The van der Waals surface area contributed by atoms with Gasteiger partial charge in [-0.15, -0.1) is 10.2 Å². The molecule has 0 bridgehead atoms. The Kier molecular flexibility index (Phi) is 6.91. The standard InChI is InChI=1S/C23H20F3N7O4/c1-4-36-18-8-19(34)27-9-16(18)20-28-10-17(11(2)29-20)31-22(35)30-15-6-13(21-33-32-12(3)37-21)5-14(7-15)23(24,25)26/h5-10H,4H2,1-3H3,(H,27,34)(H2,30,31,35). The van der Waals surface area contributed by atoms with Crippen LogP contribution in [-0.2, 0) is 6.18 Å². The first-order valence-corrected chi connectivity index (χ1v) is 10.8. The van der Waals surface area contributed by atoms with E-state index in [1.54, 1.807) is 13.8 Å². The van der Waals surface area contributed by atoms with Crippen LogP contribution in [0.1, 0.15) is 24.1 Å². The van der Waals surface area contributed by atoms with E-state index in [9.17, 15) is 22.8 Å². The van der Waals surface area contributed by atoms with Gasteiger partial charge in [0.1, 0.15) is 5.75 Å². The molecule has 0 spiro atoms. The van der Waals surface area contributed by atoms with Crippen molar-refractivity contribution in [3.05, 3.63) is 64.2 Å². The Morgan fingerprint density at radius 3 is 2.57 bits per heavy atom. The lowest BCUT2D eigenvalue weighted by Crippen LogP contribution is -2.21. The number of carbonyl (C=O) groups is 1. The van der Waals surface area contributed by atoms with E-state index in [0.717, 1.165) is 12.1 Å². The molecule has 0 fully saturated rings. The van der Waals surface area contributed by atoms with Crippen molar-refractivity contribution in [2.45, 2.75) is 26.9 Å². The number of ether oxygens (including phenoxy) is 1. The van der Waals surface area contributed by atoms with Crippen LogP contribution in [0.25, 0.3) is 22.8 Å². The summed E-state index contributed by atoms with van der Waals surface area (Å²) in [6.45, 7) is 5.19. The first-order chi connectivity index (χ1) is 17.5. The minimum Gasteiger partial charge on any atom is -0.493 e. The van der Waals surface area contributed by atoms with Crippen molar-refractivity contribution in [2.75, 3.05) is 17.2 Å². The van der Waals surface area contributed by atoms with Gasteiger partial charge in [0.05, 0.1) is 35.3 Å². The Bertz CT molecular complexity index is 1510. The molecule has 3 heterocycles. The van der Waals surface area contributed by atoms with Crippen LogP contribution in [0.2, 0.25) is 0 Å². The van der Waals surface area contributed by atoms with Gasteiger partial charge in [0.2, 0.25) is 11.8 Å². The second kappa shape index (κ2) is 10.1. The number of anilines is 2. The number of nitrogens with zero attached hydrogens (tertiary/aromatic N) is 4. The van der Waals surface area contributed by atoms with Gasteiger partial charge in [0.15, 0.2) is 5.82 Å². The summed E-state index contributed by atoms with van der Waals surface area (Å²) in [7, 11) is 0. The highest BCUT2D eigenvalue weighted by Crippen LogP contribution is 2.35. The fraction of sp³-hybridized carbons (Fsp3) is 0.217. The fourth-order valence-corrected chi connectivity index (χ4v) is 3.31. The number of amides is 2. The highest BCUT2D eigenvalue weighted by molar-refractivity contribution is 6.00. The molecule has 192 valence electrons. The molecular weight excluding hydrogens is 495 g/mol. The number of benzene rings is 1. The second-order valence-corrected chi connectivity index (χ2v) is 7.70. The molecule has 3 aromatic heterocycles. The van der Waals surface area contributed by atoms with Crippen molar-refractivity contribution < 1.29 is 27.1 Å². The van der Waals surface area contributed by atoms with E-state index in [1.807, 2.05) is 0 Å². The van der Waals surface area contributed by atoms with Gasteiger partial charge in [-0.3, -0.25) is 4.79 Å². The van der Waals surface area contributed by atoms with E-state index in [0.29, 0.717) is 23.6 Å². The summed E-state index contributed by atoms with van der Waals surface area (Å²) in [5, 5.41) is 12.2. The third-order valence-corrected chi connectivity index (χ3v) is 4.95. The van der Waals surface area contributed by atoms with Crippen molar-refractivity contribution in [3.8, 4) is 28.6 Å². The van der Waals surface area contributed by atoms with E-state index in [2.05, 4.69) is 35.8 Å². The van der Waals surface area contributed by atoms with Crippen LogP contribution in [0, 0.1) is 13.8 Å². The zero-order valence-corrected chi connectivity index (χ0v) is 19.7. The van der Waals surface area contributed by atoms with Crippen molar-refractivity contribution in [3.63, 3.8) is 0 Å². The Morgan fingerprint density at radius 1 is 1.14 bits per heavy atom.